The SMILES string of the molecule is Cc1cc(Cl)ccc1NC(=O)[C@H]1CC(=O)N(c2ccccc2F)C1. The highest BCUT2D eigenvalue weighted by molar-refractivity contribution is 6.30. The maximum absolute atomic E-state index is 13.9. The zero-order valence-electron chi connectivity index (χ0n) is 13.1. The van der Waals surface area contributed by atoms with Crippen LogP contribution in [0.15, 0.2) is 42.5 Å². The second-order valence-electron chi connectivity index (χ2n) is 5.81. The molecule has 0 saturated carbocycles. The van der Waals surface area contributed by atoms with Crippen molar-refractivity contribution in [2.24, 2.45) is 5.92 Å². The Labute approximate surface area is 144 Å². The molecule has 4 nitrogen and oxygen atoms in total. The third-order valence-electron chi connectivity index (χ3n) is 4.09. The van der Waals surface area contributed by atoms with Gasteiger partial charge in [-0.1, -0.05) is 23.7 Å². The van der Waals surface area contributed by atoms with Crippen molar-refractivity contribution in [3.05, 3.63) is 58.9 Å². The quantitative estimate of drug-likeness (QED) is 0.919. The Morgan fingerprint density at radius 1 is 1.29 bits per heavy atom. The van der Waals surface area contributed by atoms with Crippen LogP contribution in [0.1, 0.15) is 12.0 Å². The summed E-state index contributed by atoms with van der Waals surface area (Å²) in [5, 5.41) is 3.41. The van der Waals surface area contributed by atoms with Gasteiger partial charge in [0.05, 0.1) is 11.6 Å². The summed E-state index contributed by atoms with van der Waals surface area (Å²) in [4.78, 5) is 25.9. The third-order valence-corrected chi connectivity index (χ3v) is 4.32. The molecule has 1 fully saturated rings. The number of halogens is 2. The standard InChI is InChI=1S/C18H16ClFN2O2/c1-11-8-13(19)6-7-15(11)21-18(24)12-9-17(23)22(10-12)16-5-3-2-4-14(16)20/h2-8,12H,9-10H2,1H3,(H,21,24)/t12-/m0/s1. The summed E-state index contributed by atoms with van der Waals surface area (Å²) in [6.07, 6.45) is 0.0623. The second-order valence-corrected chi connectivity index (χ2v) is 6.24. The van der Waals surface area contributed by atoms with Crippen LogP contribution in [0.25, 0.3) is 0 Å². The molecular formula is C18H16ClFN2O2. The summed E-state index contributed by atoms with van der Waals surface area (Å²) in [6, 6.07) is 11.2. The number of carbonyl (C=O) groups is 2. The third kappa shape index (κ3) is 3.26. The summed E-state index contributed by atoms with van der Waals surface area (Å²) in [5.74, 6) is -1.51. The number of aryl methyl sites for hydroxylation is 1. The van der Waals surface area contributed by atoms with E-state index in [1.807, 2.05) is 6.92 Å². The number of rotatable bonds is 3. The van der Waals surface area contributed by atoms with Crippen molar-refractivity contribution in [2.75, 3.05) is 16.8 Å². The smallest absolute Gasteiger partial charge is 0.229 e. The van der Waals surface area contributed by atoms with E-state index in [0.717, 1.165) is 5.56 Å². The van der Waals surface area contributed by atoms with Crippen molar-refractivity contribution < 1.29 is 14.0 Å². The highest BCUT2D eigenvalue weighted by Crippen LogP contribution is 2.28. The molecule has 2 aromatic rings. The predicted octanol–water partition coefficient (Wildman–Crippen LogP) is 3.78. The molecule has 0 bridgehead atoms. The Hall–Kier alpha value is -2.40. The van der Waals surface area contributed by atoms with E-state index in [1.165, 1.54) is 17.0 Å². The minimum absolute atomic E-state index is 0.0623. The van der Waals surface area contributed by atoms with Crippen molar-refractivity contribution in [3.63, 3.8) is 0 Å². The number of hydrogen-bond donors (Lipinski definition) is 1. The molecule has 1 heterocycles. The van der Waals surface area contributed by atoms with E-state index in [9.17, 15) is 14.0 Å². The Balaban J connectivity index is 1.73. The Morgan fingerprint density at radius 2 is 2.04 bits per heavy atom. The number of benzene rings is 2. The van der Waals surface area contributed by atoms with E-state index in [4.69, 9.17) is 11.6 Å². The number of nitrogens with one attached hydrogen (secondary N) is 1. The van der Waals surface area contributed by atoms with Gasteiger partial charge < -0.3 is 10.2 Å². The first-order valence-corrected chi connectivity index (χ1v) is 7.95. The van der Waals surface area contributed by atoms with Gasteiger partial charge in [-0.15, -0.1) is 0 Å². The number of nitrogens with zero attached hydrogens (tertiary/aromatic N) is 1. The lowest BCUT2D eigenvalue weighted by atomic mass is 10.1. The topological polar surface area (TPSA) is 49.4 Å². The van der Waals surface area contributed by atoms with Crippen LogP contribution in [-0.4, -0.2) is 18.4 Å². The molecule has 124 valence electrons. The molecule has 2 aromatic carbocycles. The van der Waals surface area contributed by atoms with Crippen LogP contribution < -0.4 is 10.2 Å². The molecule has 1 aliphatic rings. The average molecular weight is 347 g/mol. The van der Waals surface area contributed by atoms with E-state index >= 15 is 0 Å². The molecule has 0 radical (unpaired) electrons. The van der Waals surface area contributed by atoms with Gasteiger partial charge in [0.15, 0.2) is 0 Å². The van der Waals surface area contributed by atoms with Crippen LogP contribution in [0.4, 0.5) is 15.8 Å². The summed E-state index contributed by atoms with van der Waals surface area (Å²) < 4.78 is 13.9. The van der Waals surface area contributed by atoms with E-state index in [0.29, 0.717) is 10.7 Å². The number of amides is 2. The van der Waals surface area contributed by atoms with Crippen LogP contribution in [0.2, 0.25) is 5.02 Å². The van der Waals surface area contributed by atoms with Gasteiger partial charge in [0.25, 0.3) is 0 Å². The molecule has 6 heteroatoms. The van der Waals surface area contributed by atoms with Gasteiger partial charge in [-0.25, -0.2) is 4.39 Å². The van der Waals surface area contributed by atoms with Gasteiger partial charge in [0.1, 0.15) is 5.82 Å². The average Bonchev–Trinajstić information content (AvgIpc) is 2.92. The molecule has 1 aliphatic heterocycles. The molecule has 0 spiro atoms. The lowest BCUT2D eigenvalue weighted by molar-refractivity contribution is -0.122. The number of para-hydroxylation sites is 1. The van der Waals surface area contributed by atoms with Crippen molar-refractivity contribution in [1.82, 2.24) is 0 Å². The molecule has 0 aliphatic carbocycles. The van der Waals surface area contributed by atoms with E-state index in [1.54, 1.807) is 30.3 Å². The van der Waals surface area contributed by atoms with Gasteiger partial charge in [0, 0.05) is 23.7 Å². The first-order chi connectivity index (χ1) is 11.5. The Bertz CT molecular complexity index is 809. The highest BCUT2D eigenvalue weighted by atomic mass is 35.5. The summed E-state index contributed by atoms with van der Waals surface area (Å²) >= 11 is 5.90. The lowest BCUT2D eigenvalue weighted by Gasteiger charge is -2.17. The fourth-order valence-corrected chi connectivity index (χ4v) is 3.02. The molecule has 3 rings (SSSR count). The molecule has 0 unspecified atom stereocenters. The maximum atomic E-state index is 13.9. The molecule has 2 amide bonds. The van der Waals surface area contributed by atoms with Gasteiger partial charge in [0.2, 0.25) is 11.8 Å². The predicted molar refractivity (Wildman–Crippen MR) is 91.7 cm³/mol. The van der Waals surface area contributed by atoms with Crippen LogP contribution in [0.5, 0.6) is 0 Å². The van der Waals surface area contributed by atoms with Crippen molar-refractivity contribution >= 4 is 34.8 Å². The van der Waals surface area contributed by atoms with Gasteiger partial charge >= 0.3 is 0 Å². The molecule has 1 atom stereocenters. The van der Waals surface area contributed by atoms with Gasteiger partial charge in [-0.2, -0.15) is 0 Å². The molecular weight excluding hydrogens is 331 g/mol. The zero-order valence-corrected chi connectivity index (χ0v) is 13.8. The summed E-state index contributed by atoms with van der Waals surface area (Å²) in [5.41, 5.74) is 1.70. The number of anilines is 2. The van der Waals surface area contributed by atoms with Crippen LogP contribution in [0, 0.1) is 18.7 Å². The molecule has 1 saturated heterocycles. The lowest BCUT2D eigenvalue weighted by Crippen LogP contribution is -2.28. The van der Waals surface area contributed by atoms with Crippen molar-refractivity contribution in [2.45, 2.75) is 13.3 Å². The normalized spacial score (nSPS) is 17.2. The first-order valence-electron chi connectivity index (χ1n) is 7.57. The van der Waals surface area contributed by atoms with Crippen LogP contribution >= 0.6 is 11.6 Å². The summed E-state index contributed by atoms with van der Waals surface area (Å²) in [6.45, 7) is 2.01. The molecule has 24 heavy (non-hydrogen) atoms. The minimum Gasteiger partial charge on any atom is -0.326 e. The Kier molecular flexibility index (Phi) is 4.53. The molecule has 1 N–H and O–H groups in total. The minimum atomic E-state index is -0.521. The van der Waals surface area contributed by atoms with E-state index < -0.39 is 11.7 Å². The zero-order chi connectivity index (χ0) is 17.3. The number of carbonyl (C=O) groups excluding carboxylic acids is 2. The number of hydrogen-bond acceptors (Lipinski definition) is 2. The van der Waals surface area contributed by atoms with Gasteiger partial charge in [-0.05, 0) is 42.8 Å². The highest BCUT2D eigenvalue weighted by Gasteiger charge is 2.36. The van der Waals surface area contributed by atoms with Crippen molar-refractivity contribution in [1.29, 1.82) is 0 Å². The second kappa shape index (κ2) is 6.61. The Morgan fingerprint density at radius 3 is 2.75 bits per heavy atom. The maximum Gasteiger partial charge on any atom is 0.229 e. The fourth-order valence-electron chi connectivity index (χ4n) is 2.79. The van der Waals surface area contributed by atoms with E-state index in [2.05, 4.69) is 5.32 Å². The largest absolute Gasteiger partial charge is 0.326 e. The van der Waals surface area contributed by atoms with Crippen LogP contribution in [0.3, 0.4) is 0 Å². The summed E-state index contributed by atoms with van der Waals surface area (Å²) in [7, 11) is 0. The van der Waals surface area contributed by atoms with Crippen molar-refractivity contribution in [3.8, 4) is 0 Å². The molecule has 0 aromatic heterocycles. The van der Waals surface area contributed by atoms with Gasteiger partial charge in [-0.3, -0.25) is 9.59 Å². The first kappa shape index (κ1) is 16.5. The van der Waals surface area contributed by atoms with Crippen LogP contribution in [-0.2, 0) is 9.59 Å². The fraction of sp³-hybridized carbons (Fsp3) is 0.222. The van der Waals surface area contributed by atoms with E-state index in [-0.39, 0.29) is 30.5 Å². The monoisotopic (exact) mass is 346 g/mol.